The van der Waals surface area contributed by atoms with Gasteiger partial charge in [-0.1, -0.05) is 0 Å². The molecular formula is C12H25NO4S. The molecule has 0 radical (unpaired) electrons. The van der Waals surface area contributed by atoms with Gasteiger partial charge in [0, 0.05) is 40.7 Å². The number of nitrogens with zero attached hydrogens (tertiary/aromatic N) is 1. The zero-order valence-corrected chi connectivity index (χ0v) is 12.6. The summed E-state index contributed by atoms with van der Waals surface area (Å²) in [6.45, 7) is 2.10. The number of hydrogen-bond acceptors (Lipinski definition) is 6. The van der Waals surface area contributed by atoms with Crippen molar-refractivity contribution in [1.29, 1.82) is 0 Å². The fourth-order valence-corrected chi connectivity index (χ4v) is 3.04. The summed E-state index contributed by atoms with van der Waals surface area (Å²) in [7, 11) is 6.84. The molecule has 1 aliphatic heterocycles. The van der Waals surface area contributed by atoms with Crippen molar-refractivity contribution in [3.8, 4) is 0 Å². The third-order valence-corrected chi connectivity index (χ3v) is 3.71. The Balaban J connectivity index is 2.89. The van der Waals surface area contributed by atoms with E-state index in [1.165, 1.54) is 0 Å². The van der Waals surface area contributed by atoms with Gasteiger partial charge in [-0.15, -0.1) is 0 Å². The fourth-order valence-electron chi connectivity index (χ4n) is 2.81. The SMILES string of the molecule is COC[C@H]1[C@@H](OC)[C@H](OC)[C@H](COC)N1CCS. The van der Waals surface area contributed by atoms with Gasteiger partial charge in [0.25, 0.3) is 0 Å². The van der Waals surface area contributed by atoms with Crippen LogP contribution in [0.4, 0.5) is 0 Å². The molecule has 108 valence electrons. The van der Waals surface area contributed by atoms with E-state index in [1.807, 2.05) is 0 Å². The molecule has 0 N–H and O–H groups in total. The summed E-state index contributed by atoms with van der Waals surface area (Å²) in [5.41, 5.74) is 0. The van der Waals surface area contributed by atoms with E-state index in [9.17, 15) is 0 Å². The Morgan fingerprint density at radius 2 is 1.33 bits per heavy atom. The fraction of sp³-hybridized carbons (Fsp3) is 1.00. The van der Waals surface area contributed by atoms with Crippen LogP contribution in [0, 0.1) is 0 Å². The summed E-state index contributed by atoms with van der Waals surface area (Å²) < 4.78 is 21.8. The molecule has 0 spiro atoms. The average Bonchev–Trinajstić information content (AvgIpc) is 2.65. The molecule has 0 bridgehead atoms. The number of thiol groups is 1. The van der Waals surface area contributed by atoms with Crippen molar-refractivity contribution in [3.63, 3.8) is 0 Å². The lowest BCUT2D eigenvalue weighted by molar-refractivity contribution is -0.0418. The van der Waals surface area contributed by atoms with Crippen molar-refractivity contribution in [2.75, 3.05) is 54.0 Å². The Morgan fingerprint density at radius 1 is 0.889 bits per heavy atom. The Morgan fingerprint density at radius 3 is 1.61 bits per heavy atom. The maximum absolute atomic E-state index is 5.61. The Kier molecular flexibility index (Phi) is 7.51. The standard InChI is InChI=1S/C12H25NO4S/c1-14-7-9-11(16-3)12(17-4)10(8-15-2)13(9)5-6-18/h9-12,18H,5-8H2,1-4H3/t9-,10-,11+,12+/m0/s1. The smallest absolute Gasteiger partial charge is 0.103 e. The molecule has 1 heterocycles. The first-order valence-electron chi connectivity index (χ1n) is 6.15. The number of likely N-dealkylation sites (tertiary alicyclic amines) is 1. The molecule has 0 saturated carbocycles. The molecule has 1 saturated heterocycles. The lowest BCUT2D eigenvalue weighted by Gasteiger charge is -2.29. The quantitative estimate of drug-likeness (QED) is 0.647. The van der Waals surface area contributed by atoms with E-state index in [2.05, 4.69) is 17.5 Å². The maximum atomic E-state index is 5.61. The third kappa shape index (κ3) is 3.37. The maximum Gasteiger partial charge on any atom is 0.103 e. The highest BCUT2D eigenvalue weighted by molar-refractivity contribution is 7.80. The second-order valence-electron chi connectivity index (χ2n) is 4.41. The molecule has 4 atom stereocenters. The Labute approximate surface area is 115 Å². The van der Waals surface area contributed by atoms with E-state index in [0.717, 1.165) is 12.3 Å². The van der Waals surface area contributed by atoms with Crippen molar-refractivity contribution >= 4 is 12.6 Å². The van der Waals surface area contributed by atoms with Gasteiger partial charge in [-0.2, -0.15) is 12.6 Å². The van der Waals surface area contributed by atoms with Crippen molar-refractivity contribution in [2.45, 2.75) is 24.3 Å². The van der Waals surface area contributed by atoms with Gasteiger partial charge in [-0.25, -0.2) is 0 Å². The average molecular weight is 279 g/mol. The summed E-state index contributed by atoms with van der Waals surface area (Å²) >= 11 is 4.33. The van der Waals surface area contributed by atoms with Gasteiger partial charge in [0.2, 0.25) is 0 Å². The summed E-state index contributed by atoms with van der Waals surface area (Å²) in [6.07, 6.45) is -0.00929. The predicted octanol–water partition coefficient (Wildman–Crippen LogP) is 0.292. The van der Waals surface area contributed by atoms with Gasteiger partial charge in [0.15, 0.2) is 0 Å². The van der Waals surface area contributed by atoms with Gasteiger partial charge in [0.1, 0.15) is 12.2 Å². The number of methoxy groups -OCH3 is 4. The molecule has 0 amide bonds. The van der Waals surface area contributed by atoms with Gasteiger partial charge >= 0.3 is 0 Å². The van der Waals surface area contributed by atoms with Crippen LogP contribution in [0.25, 0.3) is 0 Å². The number of rotatable bonds is 8. The molecule has 0 aromatic heterocycles. The zero-order valence-electron chi connectivity index (χ0n) is 11.7. The molecule has 0 aromatic rings. The topological polar surface area (TPSA) is 40.2 Å². The highest BCUT2D eigenvalue weighted by atomic mass is 32.1. The molecule has 1 fully saturated rings. The first-order valence-corrected chi connectivity index (χ1v) is 6.78. The van der Waals surface area contributed by atoms with Crippen molar-refractivity contribution in [2.24, 2.45) is 0 Å². The van der Waals surface area contributed by atoms with E-state index in [4.69, 9.17) is 18.9 Å². The summed E-state index contributed by atoms with van der Waals surface area (Å²) in [6, 6.07) is 0.356. The van der Waals surface area contributed by atoms with Gasteiger partial charge in [-0.3, -0.25) is 4.90 Å². The zero-order chi connectivity index (χ0) is 13.5. The minimum absolute atomic E-state index is 0.00465. The van der Waals surface area contributed by atoms with Crippen LogP contribution in [-0.2, 0) is 18.9 Å². The highest BCUT2D eigenvalue weighted by Gasteiger charge is 2.49. The molecular weight excluding hydrogens is 254 g/mol. The number of ether oxygens (including phenoxy) is 4. The summed E-state index contributed by atoms with van der Waals surface area (Å²) in [5, 5.41) is 0. The van der Waals surface area contributed by atoms with E-state index in [1.54, 1.807) is 28.4 Å². The van der Waals surface area contributed by atoms with Crippen molar-refractivity contribution in [3.05, 3.63) is 0 Å². The molecule has 1 aliphatic rings. The highest BCUT2D eigenvalue weighted by Crippen LogP contribution is 2.29. The van der Waals surface area contributed by atoms with Crippen molar-refractivity contribution < 1.29 is 18.9 Å². The molecule has 6 heteroatoms. The molecule has 18 heavy (non-hydrogen) atoms. The summed E-state index contributed by atoms with van der Waals surface area (Å²) in [4.78, 5) is 2.32. The molecule has 0 unspecified atom stereocenters. The molecule has 0 aliphatic carbocycles. The van der Waals surface area contributed by atoms with E-state index in [0.29, 0.717) is 13.2 Å². The van der Waals surface area contributed by atoms with Crippen LogP contribution < -0.4 is 0 Å². The lowest BCUT2D eigenvalue weighted by atomic mass is 10.1. The lowest BCUT2D eigenvalue weighted by Crippen LogP contribution is -2.44. The van der Waals surface area contributed by atoms with Crippen LogP contribution in [0.2, 0.25) is 0 Å². The first kappa shape index (κ1) is 16.2. The molecule has 0 aromatic carbocycles. The van der Waals surface area contributed by atoms with E-state index < -0.39 is 0 Å². The predicted molar refractivity (Wildman–Crippen MR) is 73.5 cm³/mol. The van der Waals surface area contributed by atoms with Crippen LogP contribution in [0.1, 0.15) is 0 Å². The van der Waals surface area contributed by atoms with Gasteiger partial charge < -0.3 is 18.9 Å². The third-order valence-electron chi connectivity index (χ3n) is 3.51. The van der Waals surface area contributed by atoms with Crippen LogP contribution in [0.5, 0.6) is 0 Å². The first-order chi connectivity index (χ1) is 8.74. The van der Waals surface area contributed by atoms with Crippen LogP contribution >= 0.6 is 12.6 Å². The minimum Gasteiger partial charge on any atom is -0.383 e. The van der Waals surface area contributed by atoms with Crippen LogP contribution in [0.15, 0.2) is 0 Å². The number of hydrogen-bond donors (Lipinski definition) is 1. The van der Waals surface area contributed by atoms with Crippen molar-refractivity contribution in [1.82, 2.24) is 4.90 Å². The van der Waals surface area contributed by atoms with Crippen LogP contribution in [0.3, 0.4) is 0 Å². The van der Waals surface area contributed by atoms with Gasteiger partial charge in [-0.05, 0) is 0 Å². The summed E-state index contributed by atoms with van der Waals surface area (Å²) in [5.74, 6) is 0.785. The minimum atomic E-state index is -0.00465. The monoisotopic (exact) mass is 279 g/mol. The van der Waals surface area contributed by atoms with E-state index in [-0.39, 0.29) is 24.3 Å². The Bertz CT molecular complexity index is 212. The second-order valence-corrected chi connectivity index (χ2v) is 4.85. The van der Waals surface area contributed by atoms with Crippen LogP contribution in [-0.4, -0.2) is 83.1 Å². The van der Waals surface area contributed by atoms with E-state index >= 15 is 0 Å². The normalized spacial score (nSPS) is 33.2. The molecule has 1 rings (SSSR count). The largest absolute Gasteiger partial charge is 0.383 e. The second kappa shape index (κ2) is 8.35. The Hall–Kier alpha value is 0.150. The van der Waals surface area contributed by atoms with Gasteiger partial charge in [0.05, 0.1) is 25.3 Å². The molecule has 5 nitrogen and oxygen atoms in total.